The van der Waals surface area contributed by atoms with Crippen LogP contribution in [0.2, 0.25) is 5.02 Å². The molecule has 6 heteroatoms. The van der Waals surface area contributed by atoms with Crippen LogP contribution in [0.15, 0.2) is 36.4 Å². The summed E-state index contributed by atoms with van der Waals surface area (Å²) in [5, 5.41) is 12.2. The standard InChI is InChI=1S/C17H17ClFNO3/c1-10-7-12(23-2)4-5-13(10)17(22)20-16(9-21)11-3-6-14(18)15(19)8-11/h3-8,16,21H,9H2,1-2H3,(H,20,22). The first-order chi connectivity index (χ1) is 11.0. The van der Waals surface area contributed by atoms with Crippen LogP contribution in [0.3, 0.4) is 0 Å². The van der Waals surface area contributed by atoms with Gasteiger partial charge in [-0.2, -0.15) is 0 Å². The molecular formula is C17H17ClFNO3. The van der Waals surface area contributed by atoms with Crippen molar-refractivity contribution < 1.29 is 19.0 Å². The molecule has 23 heavy (non-hydrogen) atoms. The lowest BCUT2D eigenvalue weighted by atomic mass is 10.0. The average Bonchev–Trinajstić information content (AvgIpc) is 2.54. The molecule has 1 atom stereocenters. The van der Waals surface area contributed by atoms with E-state index in [1.807, 2.05) is 0 Å². The zero-order valence-electron chi connectivity index (χ0n) is 12.8. The van der Waals surface area contributed by atoms with Crippen molar-refractivity contribution in [3.05, 3.63) is 63.9 Å². The fourth-order valence-electron chi connectivity index (χ4n) is 2.22. The number of aliphatic hydroxyl groups is 1. The molecule has 0 saturated carbocycles. The Morgan fingerprint density at radius 2 is 2.09 bits per heavy atom. The van der Waals surface area contributed by atoms with Crippen LogP contribution in [-0.4, -0.2) is 24.7 Å². The van der Waals surface area contributed by atoms with Gasteiger partial charge in [-0.15, -0.1) is 0 Å². The minimum Gasteiger partial charge on any atom is -0.497 e. The summed E-state index contributed by atoms with van der Waals surface area (Å²) in [4.78, 5) is 12.4. The molecule has 0 heterocycles. The number of hydrogen-bond acceptors (Lipinski definition) is 3. The molecule has 2 aromatic carbocycles. The molecule has 1 unspecified atom stereocenters. The zero-order chi connectivity index (χ0) is 17.0. The van der Waals surface area contributed by atoms with E-state index in [1.165, 1.54) is 12.1 Å². The number of aliphatic hydroxyl groups excluding tert-OH is 1. The van der Waals surface area contributed by atoms with Gasteiger partial charge in [0.15, 0.2) is 0 Å². The number of ether oxygens (including phenoxy) is 1. The Hall–Kier alpha value is -2.11. The predicted molar refractivity (Wildman–Crippen MR) is 86.4 cm³/mol. The number of carbonyl (C=O) groups excluding carboxylic acids is 1. The number of hydrogen-bond donors (Lipinski definition) is 2. The van der Waals surface area contributed by atoms with Gasteiger partial charge in [-0.25, -0.2) is 4.39 Å². The topological polar surface area (TPSA) is 58.6 Å². The van der Waals surface area contributed by atoms with Crippen LogP contribution in [0.1, 0.15) is 27.5 Å². The van der Waals surface area contributed by atoms with Crippen LogP contribution >= 0.6 is 11.6 Å². The van der Waals surface area contributed by atoms with Crippen molar-refractivity contribution in [3.63, 3.8) is 0 Å². The Morgan fingerprint density at radius 3 is 2.65 bits per heavy atom. The van der Waals surface area contributed by atoms with Crippen LogP contribution in [0, 0.1) is 12.7 Å². The maximum absolute atomic E-state index is 13.5. The van der Waals surface area contributed by atoms with Gasteiger partial charge < -0.3 is 15.2 Å². The number of aryl methyl sites for hydroxylation is 1. The molecule has 0 aliphatic heterocycles. The summed E-state index contributed by atoms with van der Waals surface area (Å²) in [5.74, 6) is -0.311. The number of benzene rings is 2. The Balaban J connectivity index is 2.21. The van der Waals surface area contributed by atoms with Crippen LogP contribution in [0.4, 0.5) is 4.39 Å². The van der Waals surface area contributed by atoms with Gasteiger partial charge in [0.1, 0.15) is 11.6 Å². The first kappa shape index (κ1) is 17.2. The summed E-state index contributed by atoms with van der Waals surface area (Å²) in [5.41, 5.74) is 1.63. The van der Waals surface area contributed by atoms with Gasteiger partial charge in [0, 0.05) is 5.56 Å². The molecule has 0 saturated heterocycles. The Morgan fingerprint density at radius 1 is 1.35 bits per heavy atom. The van der Waals surface area contributed by atoms with Crippen molar-refractivity contribution in [2.45, 2.75) is 13.0 Å². The fourth-order valence-corrected chi connectivity index (χ4v) is 2.33. The molecule has 2 rings (SSSR count). The number of halogens is 2. The monoisotopic (exact) mass is 337 g/mol. The highest BCUT2D eigenvalue weighted by molar-refractivity contribution is 6.30. The summed E-state index contributed by atoms with van der Waals surface area (Å²) in [6, 6.07) is 8.48. The highest BCUT2D eigenvalue weighted by atomic mass is 35.5. The zero-order valence-corrected chi connectivity index (χ0v) is 13.5. The summed E-state index contributed by atoms with van der Waals surface area (Å²) in [6.45, 7) is 1.43. The van der Waals surface area contributed by atoms with Gasteiger partial charge in [0.2, 0.25) is 0 Å². The second kappa shape index (κ2) is 7.44. The minimum absolute atomic E-state index is 0.0113. The van der Waals surface area contributed by atoms with E-state index in [4.69, 9.17) is 16.3 Å². The lowest BCUT2D eigenvalue weighted by Crippen LogP contribution is -2.31. The molecule has 122 valence electrons. The third-order valence-electron chi connectivity index (χ3n) is 3.51. The lowest BCUT2D eigenvalue weighted by molar-refractivity contribution is 0.0915. The van der Waals surface area contributed by atoms with E-state index in [0.29, 0.717) is 16.9 Å². The molecule has 0 aromatic heterocycles. The largest absolute Gasteiger partial charge is 0.497 e. The van der Waals surface area contributed by atoms with Gasteiger partial charge >= 0.3 is 0 Å². The number of carbonyl (C=O) groups is 1. The number of rotatable bonds is 5. The summed E-state index contributed by atoms with van der Waals surface area (Å²) in [7, 11) is 1.55. The third-order valence-corrected chi connectivity index (χ3v) is 3.82. The Kier molecular flexibility index (Phi) is 5.58. The van der Waals surface area contributed by atoms with Gasteiger partial charge in [-0.05, 0) is 48.4 Å². The van der Waals surface area contributed by atoms with Gasteiger partial charge in [0.25, 0.3) is 5.91 Å². The second-order valence-electron chi connectivity index (χ2n) is 5.06. The van der Waals surface area contributed by atoms with Crippen molar-refractivity contribution >= 4 is 17.5 Å². The maximum Gasteiger partial charge on any atom is 0.252 e. The first-order valence-electron chi connectivity index (χ1n) is 6.97. The molecular weight excluding hydrogens is 321 g/mol. The van der Waals surface area contributed by atoms with E-state index < -0.39 is 11.9 Å². The second-order valence-corrected chi connectivity index (χ2v) is 5.47. The van der Waals surface area contributed by atoms with Crippen molar-refractivity contribution in [2.24, 2.45) is 0 Å². The quantitative estimate of drug-likeness (QED) is 0.880. The number of nitrogens with one attached hydrogen (secondary N) is 1. The molecule has 0 fully saturated rings. The smallest absolute Gasteiger partial charge is 0.252 e. The molecule has 1 amide bonds. The van der Waals surface area contributed by atoms with Crippen molar-refractivity contribution in [3.8, 4) is 5.75 Å². The molecule has 0 aliphatic carbocycles. The maximum atomic E-state index is 13.5. The van der Waals surface area contributed by atoms with Crippen molar-refractivity contribution in [1.29, 1.82) is 0 Å². The molecule has 4 nitrogen and oxygen atoms in total. The number of amides is 1. The van der Waals surface area contributed by atoms with E-state index in [0.717, 1.165) is 5.56 Å². The molecule has 0 spiro atoms. The highest BCUT2D eigenvalue weighted by Gasteiger charge is 2.17. The Bertz CT molecular complexity index is 721. The summed E-state index contributed by atoms with van der Waals surface area (Å²) in [6.07, 6.45) is 0. The van der Waals surface area contributed by atoms with Crippen LogP contribution in [0.25, 0.3) is 0 Å². The van der Waals surface area contributed by atoms with E-state index in [9.17, 15) is 14.3 Å². The minimum atomic E-state index is -0.726. The van der Waals surface area contributed by atoms with Crippen LogP contribution in [0.5, 0.6) is 5.75 Å². The Labute approximate surface area is 138 Å². The predicted octanol–water partition coefficient (Wildman–Crippen LogP) is 3.26. The molecule has 0 bridgehead atoms. The van der Waals surface area contributed by atoms with Gasteiger partial charge in [0.05, 0.1) is 24.8 Å². The highest BCUT2D eigenvalue weighted by Crippen LogP contribution is 2.22. The van der Waals surface area contributed by atoms with Gasteiger partial charge in [-0.3, -0.25) is 4.79 Å². The molecule has 2 aromatic rings. The van der Waals surface area contributed by atoms with E-state index in [-0.39, 0.29) is 17.5 Å². The first-order valence-corrected chi connectivity index (χ1v) is 7.35. The normalized spacial score (nSPS) is 11.9. The lowest BCUT2D eigenvalue weighted by Gasteiger charge is -2.18. The van der Waals surface area contributed by atoms with Gasteiger partial charge in [-0.1, -0.05) is 17.7 Å². The average molecular weight is 338 g/mol. The molecule has 2 N–H and O–H groups in total. The summed E-state index contributed by atoms with van der Waals surface area (Å²) >= 11 is 5.64. The fraction of sp³-hybridized carbons (Fsp3) is 0.235. The van der Waals surface area contributed by atoms with E-state index >= 15 is 0 Å². The van der Waals surface area contributed by atoms with Crippen LogP contribution in [-0.2, 0) is 0 Å². The van der Waals surface area contributed by atoms with Crippen LogP contribution < -0.4 is 10.1 Å². The van der Waals surface area contributed by atoms with E-state index in [1.54, 1.807) is 38.3 Å². The molecule has 0 radical (unpaired) electrons. The van der Waals surface area contributed by atoms with E-state index in [2.05, 4.69) is 5.32 Å². The number of methoxy groups -OCH3 is 1. The molecule has 0 aliphatic rings. The third kappa shape index (κ3) is 4.00. The van der Waals surface area contributed by atoms with Crippen molar-refractivity contribution in [2.75, 3.05) is 13.7 Å². The summed E-state index contributed by atoms with van der Waals surface area (Å²) < 4.78 is 18.6. The van der Waals surface area contributed by atoms with Crippen molar-refractivity contribution in [1.82, 2.24) is 5.32 Å². The SMILES string of the molecule is COc1ccc(C(=O)NC(CO)c2ccc(Cl)c(F)c2)c(C)c1.